The van der Waals surface area contributed by atoms with Crippen molar-refractivity contribution < 1.29 is 14.3 Å². The van der Waals surface area contributed by atoms with Crippen LogP contribution < -0.4 is 20.3 Å². The van der Waals surface area contributed by atoms with Crippen LogP contribution in [0.15, 0.2) is 48.7 Å². The Morgan fingerprint density at radius 1 is 1.13 bits per heavy atom. The van der Waals surface area contributed by atoms with E-state index in [0.29, 0.717) is 22.6 Å². The Morgan fingerprint density at radius 2 is 1.92 bits per heavy atom. The van der Waals surface area contributed by atoms with E-state index in [1.54, 1.807) is 7.11 Å². The summed E-state index contributed by atoms with van der Waals surface area (Å²) in [5.41, 5.74) is 6.11. The molecule has 2 N–H and O–H groups in total. The number of nitrogens with one attached hydrogen (secondary N) is 2. The standard InChI is InChI=1S/C30H37N5O3S/c1-19-16-23(20(2)34(19)21-10-6-5-7-11-21)29-28(24-12-8-9-15-31-24)33-30(39)35(29)22-13-14-26(38-4)25(17-22)32-27(36)18-37-3/h8-9,12-17,21,28-29H,5-7,10-11,18H2,1-4H3,(H,32,36)(H,33,39)/t28-,29+/m0/s1. The minimum absolute atomic E-state index is 0.0470. The Kier molecular flexibility index (Phi) is 8.18. The topological polar surface area (TPSA) is 80.7 Å². The van der Waals surface area contributed by atoms with Gasteiger partial charge in [0.15, 0.2) is 5.11 Å². The summed E-state index contributed by atoms with van der Waals surface area (Å²) in [7, 11) is 3.08. The Morgan fingerprint density at radius 3 is 2.62 bits per heavy atom. The summed E-state index contributed by atoms with van der Waals surface area (Å²) in [6, 6.07) is 14.3. The maximum Gasteiger partial charge on any atom is 0.250 e. The van der Waals surface area contributed by atoms with Crippen molar-refractivity contribution in [2.75, 3.05) is 31.0 Å². The fraction of sp³-hybridized carbons (Fsp3) is 0.433. The lowest BCUT2D eigenvalue weighted by Crippen LogP contribution is -2.30. The van der Waals surface area contributed by atoms with Crippen LogP contribution in [0, 0.1) is 13.8 Å². The van der Waals surface area contributed by atoms with Crippen molar-refractivity contribution in [1.29, 1.82) is 0 Å². The number of aromatic nitrogens is 2. The van der Waals surface area contributed by atoms with Crippen molar-refractivity contribution in [3.05, 3.63) is 71.3 Å². The summed E-state index contributed by atoms with van der Waals surface area (Å²) in [6.07, 6.45) is 8.12. The van der Waals surface area contributed by atoms with Gasteiger partial charge in [-0.05, 0) is 80.9 Å². The smallest absolute Gasteiger partial charge is 0.250 e. The van der Waals surface area contributed by atoms with Crippen LogP contribution in [0.5, 0.6) is 5.75 Å². The molecule has 1 amide bonds. The number of hydrogen-bond donors (Lipinski definition) is 2. The van der Waals surface area contributed by atoms with Crippen LogP contribution in [0.1, 0.15) is 72.9 Å². The second-order valence-electron chi connectivity index (χ2n) is 10.4. The predicted molar refractivity (Wildman–Crippen MR) is 157 cm³/mol. The first-order chi connectivity index (χ1) is 18.9. The highest BCUT2D eigenvalue weighted by Crippen LogP contribution is 2.45. The SMILES string of the molecule is COCC(=O)Nc1cc(N2C(=S)N[C@@H](c3ccccn3)[C@H]2c2cc(C)n(C3CCCCC3)c2C)ccc1OC. The molecule has 1 aliphatic carbocycles. The van der Waals surface area contributed by atoms with Crippen LogP contribution in [-0.2, 0) is 9.53 Å². The average molecular weight is 548 g/mol. The molecule has 3 aromatic rings. The number of carbonyl (C=O) groups is 1. The molecule has 206 valence electrons. The third kappa shape index (κ3) is 5.38. The van der Waals surface area contributed by atoms with Gasteiger partial charge in [-0.15, -0.1) is 0 Å². The predicted octanol–water partition coefficient (Wildman–Crippen LogP) is 5.78. The molecule has 0 unspecified atom stereocenters. The summed E-state index contributed by atoms with van der Waals surface area (Å²) in [5.74, 6) is 0.309. The van der Waals surface area contributed by atoms with E-state index in [4.69, 9.17) is 26.7 Å². The number of carbonyl (C=O) groups excluding carboxylic acids is 1. The third-order valence-electron chi connectivity index (χ3n) is 7.89. The summed E-state index contributed by atoms with van der Waals surface area (Å²) in [4.78, 5) is 19.2. The molecule has 3 heterocycles. The minimum atomic E-state index is -0.256. The molecule has 39 heavy (non-hydrogen) atoms. The summed E-state index contributed by atoms with van der Waals surface area (Å²) in [6.45, 7) is 4.40. The van der Waals surface area contributed by atoms with E-state index in [0.717, 1.165) is 11.4 Å². The van der Waals surface area contributed by atoms with Gasteiger partial charge >= 0.3 is 0 Å². The Hall–Kier alpha value is -3.43. The van der Waals surface area contributed by atoms with Gasteiger partial charge in [0.2, 0.25) is 5.91 Å². The Bertz CT molecular complexity index is 1340. The molecular formula is C30H37N5O3S. The summed E-state index contributed by atoms with van der Waals surface area (Å²) < 4.78 is 13.1. The molecule has 5 rings (SSSR count). The number of rotatable bonds is 8. The van der Waals surface area contributed by atoms with Gasteiger partial charge in [-0.2, -0.15) is 0 Å². The van der Waals surface area contributed by atoms with Crippen molar-refractivity contribution in [1.82, 2.24) is 14.9 Å². The lowest BCUT2D eigenvalue weighted by Gasteiger charge is -2.30. The molecule has 1 aliphatic heterocycles. The first-order valence-electron chi connectivity index (χ1n) is 13.6. The molecule has 0 bridgehead atoms. The van der Waals surface area contributed by atoms with Crippen molar-refractivity contribution in [3.8, 4) is 5.75 Å². The van der Waals surface area contributed by atoms with Crippen LogP contribution >= 0.6 is 12.2 Å². The molecule has 2 aromatic heterocycles. The molecule has 0 spiro atoms. The number of thiocarbonyl (C=S) groups is 1. The molecule has 9 heteroatoms. The fourth-order valence-corrected chi connectivity index (χ4v) is 6.56. The van der Waals surface area contributed by atoms with Gasteiger partial charge in [-0.25, -0.2) is 0 Å². The van der Waals surface area contributed by atoms with Crippen molar-refractivity contribution in [2.24, 2.45) is 0 Å². The van der Waals surface area contributed by atoms with E-state index in [-0.39, 0.29) is 24.6 Å². The first kappa shape index (κ1) is 27.1. The molecule has 2 aliphatic rings. The van der Waals surface area contributed by atoms with Crippen molar-refractivity contribution in [3.63, 3.8) is 0 Å². The Balaban J connectivity index is 1.61. The first-order valence-corrected chi connectivity index (χ1v) is 14.0. The second kappa shape index (κ2) is 11.8. The molecule has 8 nitrogen and oxygen atoms in total. The van der Waals surface area contributed by atoms with Gasteiger partial charge in [0, 0.05) is 36.4 Å². The maximum absolute atomic E-state index is 12.4. The number of benzene rings is 1. The number of nitrogens with zero attached hydrogens (tertiary/aromatic N) is 3. The Labute approximate surface area is 235 Å². The van der Waals surface area contributed by atoms with Crippen LogP contribution in [0.3, 0.4) is 0 Å². The fourth-order valence-electron chi connectivity index (χ4n) is 6.21. The highest BCUT2D eigenvalue weighted by molar-refractivity contribution is 7.80. The van der Waals surface area contributed by atoms with Crippen LogP contribution in [0.25, 0.3) is 0 Å². The van der Waals surface area contributed by atoms with Gasteiger partial charge < -0.3 is 29.6 Å². The number of aryl methyl sites for hydroxylation is 1. The summed E-state index contributed by atoms with van der Waals surface area (Å²) in [5, 5.41) is 7.08. The third-order valence-corrected chi connectivity index (χ3v) is 8.21. The highest BCUT2D eigenvalue weighted by atomic mass is 32.1. The molecule has 1 saturated heterocycles. The number of amides is 1. The summed E-state index contributed by atoms with van der Waals surface area (Å²) >= 11 is 5.96. The normalized spacial score (nSPS) is 19.7. The van der Waals surface area contributed by atoms with E-state index in [1.807, 2.05) is 42.6 Å². The largest absolute Gasteiger partial charge is 0.495 e. The molecule has 1 aromatic carbocycles. The number of anilines is 2. The van der Waals surface area contributed by atoms with E-state index in [1.165, 1.54) is 56.2 Å². The highest BCUT2D eigenvalue weighted by Gasteiger charge is 2.42. The van der Waals surface area contributed by atoms with E-state index >= 15 is 0 Å². The molecule has 1 saturated carbocycles. The van der Waals surface area contributed by atoms with Gasteiger partial charge in [0.05, 0.1) is 30.6 Å². The van der Waals surface area contributed by atoms with Gasteiger partial charge in [0.1, 0.15) is 12.4 Å². The molecule has 0 radical (unpaired) electrons. The van der Waals surface area contributed by atoms with E-state index in [2.05, 4.69) is 40.0 Å². The number of hydrogen-bond acceptors (Lipinski definition) is 5. The number of pyridine rings is 1. The maximum atomic E-state index is 12.4. The van der Waals surface area contributed by atoms with E-state index < -0.39 is 0 Å². The van der Waals surface area contributed by atoms with Crippen molar-refractivity contribution in [2.45, 2.75) is 64.1 Å². The number of methoxy groups -OCH3 is 2. The lowest BCUT2D eigenvalue weighted by molar-refractivity contribution is -0.119. The minimum Gasteiger partial charge on any atom is -0.495 e. The van der Waals surface area contributed by atoms with Crippen LogP contribution in [0.4, 0.5) is 11.4 Å². The van der Waals surface area contributed by atoms with E-state index in [9.17, 15) is 4.79 Å². The van der Waals surface area contributed by atoms with Gasteiger partial charge in [-0.1, -0.05) is 25.3 Å². The zero-order valence-corrected chi connectivity index (χ0v) is 23.9. The molecule has 2 fully saturated rings. The average Bonchev–Trinajstić information content (AvgIpc) is 3.44. The van der Waals surface area contributed by atoms with Crippen LogP contribution in [-0.4, -0.2) is 41.4 Å². The molecule has 2 atom stereocenters. The second-order valence-corrected chi connectivity index (χ2v) is 10.7. The lowest BCUT2D eigenvalue weighted by atomic mass is 9.94. The quantitative estimate of drug-likeness (QED) is 0.346. The molecular weight excluding hydrogens is 510 g/mol. The monoisotopic (exact) mass is 547 g/mol. The zero-order chi connectivity index (χ0) is 27.5. The van der Waals surface area contributed by atoms with Crippen LogP contribution in [0.2, 0.25) is 0 Å². The van der Waals surface area contributed by atoms with Gasteiger partial charge in [0.25, 0.3) is 0 Å². The number of ether oxygens (including phenoxy) is 2. The van der Waals surface area contributed by atoms with Crippen molar-refractivity contribution >= 4 is 34.6 Å². The zero-order valence-electron chi connectivity index (χ0n) is 23.1. The van der Waals surface area contributed by atoms with Gasteiger partial charge in [-0.3, -0.25) is 9.78 Å².